The van der Waals surface area contributed by atoms with Gasteiger partial charge in [-0.1, -0.05) is 0 Å². The van der Waals surface area contributed by atoms with Crippen molar-refractivity contribution in [2.75, 3.05) is 13.0 Å². The molecule has 0 aromatic rings. The fraction of sp³-hybridized carbons (Fsp3) is 0.667. The molecule has 0 aliphatic rings. The number of carbonyl (C=O) groups excluding carboxylic acids is 1. The molecule has 42 valence electrons. The van der Waals surface area contributed by atoms with Crippen molar-refractivity contribution < 1.29 is 9.63 Å². The van der Waals surface area contributed by atoms with Crippen molar-refractivity contribution in [2.45, 2.75) is 0 Å². The van der Waals surface area contributed by atoms with Gasteiger partial charge in [0.05, 0.1) is 7.11 Å². The van der Waals surface area contributed by atoms with Crippen LogP contribution in [0.1, 0.15) is 0 Å². The van der Waals surface area contributed by atoms with Crippen LogP contribution in [0.15, 0.2) is 0 Å². The molecule has 0 saturated carbocycles. The number of nitrogens with one attached hydrogen (secondary N) is 1. The van der Waals surface area contributed by atoms with E-state index in [0.717, 1.165) is 0 Å². The molecule has 0 fully saturated rings. The lowest BCUT2D eigenvalue weighted by Crippen LogP contribution is -2.22. The standard InChI is InChI=1S/C3H6ClNO2/c1-7-5-3(6)2-4/h2H2,1H3,(H,5,6). The lowest BCUT2D eigenvalue weighted by molar-refractivity contribution is -0.128. The van der Waals surface area contributed by atoms with E-state index in [4.69, 9.17) is 11.6 Å². The summed E-state index contributed by atoms with van der Waals surface area (Å²) in [4.78, 5) is 14.3. The van der Waals surface area contributed by atoms with Crippen molar-refractivity contribution in [3.8, 4) is 0 Å². The molecule has 0 aliphatic carbocycles. The summed E-state index contributed by atoms with van der Waals surface area (Å²) in [6, 6.07) is 0. The van der Waals surface area contributed by atoms with Crippen molar-refractivity contribution in [3.63, 3.8) is 0 Å². The molecule has 7 heavy (non-hydrogen) atoms. The molecule has 0 saturated heterocycles. The Morgan fingerprint density at radius 1 is 2.00 bits per heavy atom. The molecule has 1 amide bonds. The van der Waals surface area contributed by atoms with E-state index in [9.17, 15) is 4.79 Å². The SMILES string of the molecule is CONC(=O)CCl. The predicted octanol–water partition coefficient (Wildman–Crippen LogP) is -0.0972. The Balaban J connectivity index is 3.00. The molecule has 0 unspecified atom stereocenters. The van der Waals surface area contributed by atoms with E-state index in [1.807, 2.05) is 5.48 Å². The molecular weight excluding hydrogens is 117 g/mol. The van der Waals surface area contributed by atoms with E-state index in [2.05, 4.69) is 4.84 Å². The monoisotopic (exact) mass is 123 g/mol. The van der Waals surface area contributed by atoms with Gasteiger partial charge in [-0.15, -0.1) is 11.6 Å². The summed E-state index contributed by atoms with van der Waals surface area (Å²) in [5, 5.41) is 0. The summed E-state index contributed by atoms with van der Waals surface area (Å²) in [7, 11) is 1.35. The maximum Gasteiger partial charge on any atom is 0.258 e. The van der Waals surface area contributed by atoms with E-state index in [1.165, 1.54) is 7.11 Å². The van der Waals surface area contributed by atoms with Crippen LogP contribution < -0.4 is 5.48 Å². The summed E-state index contributed by atoms with van der Waals surface area (Å²) < 4.78 is 0. The number of hydrogen-bond acceptors (Lipinski definition) is 2. The van der Waals surface area contributed by atoms with E-state index in [0.29, 0.717) is 0 Å². The van der Waals surface area contributed by atoms with Gasteiger partial charge in [0, 0.05) is 0 Å². The van der Waals surface area contributed by atoms with Gasteiger partial charge in [0.25, 0.3) is 5.91 Å². The highest BCUT2D eigenvalue weighted by Gasteiger charge is 1.91. The van der Waals surface area contributed by atoms with Gasteiger partial charge in [0.1, 0.15) is 5.88 Å². The summed E-state index contributed by atoms with van der Waals surface area (Å²) >= 11 is 5.04. The Hall–Kier alpha value is -0.280. The molecule has 0 aliphatic heterocycles. The van der Waals surface area contributed by atoms with Gasteiger partial charge in [0.2, 0.25) is 0 Å². The number of alkyl halides is 1. The maximum atomic E-state index is 10.0. The van der Waals surface area contributed by atoms with Crippen LogP contribution in [0.2, 0.25) is 0 Å². The Morgan fingerprint density at radius 3 is 2.71 bits per heavy atom. The van der Waals surface area contributed by atoms with Gasteiger partial charge in [0.15, 0.2) is 0 Å². The average Bonchev–Trinajstić information content (AvgIpc) is 1.68. The van der Waals surface area contributed by atoms with Crippen LogP contribution in [0.4, 0.5) is 0 Å². The van der Waals surface area contributed by atoms with Crippen molar-refractivity contribution in [1.29, 1.82) is 0 Å². The minimum Gasteiger partial charge on any atom is -0.277 e. The number of carbonyl (C=O) groups is 1. The molecule has 0 aromatic heterocycles. The van der Waals surface area contributed by atoms with Crippen molar-refractivity contribution >= 4 is 17.5 Å². The average molecular weight is 124 g/mol. The fourth-order valence-corrected chi connectivity index (χ4v) is 0.196. The largest absolute Gasteiger partial charge is 0.277 e. The summed E-state index contributed by atoms with van der Waals surface area (Å²) in [5.74, 6) is -0.391. The van der Waals surface area contributed by atoms with Gasteiger partial charge in [-0.25, -0.2) is 5.48 Å². The first kappa shape index (κ1) is 6.72. The van der Waals surface area contributed by atoms with Crippen LogP contribution in [0, 0.1) is 0 Å². The molecular formula is C3H6ClNO2. The Morgan fingerprint density at radius 2 is 2.57 bits per heavy atom. The lowest BCUT2D eigenvalue weighted by Gasteiger charge is -1.93. The van der Waals surface area contributed by atoms with E-state index < -0.39 is 0 Å². The number of hydrogen-bond donors (Lipinski definition) is 1. The smallest absolute Gasteiger partial charge is 0.258 e. The number of amides is 1. The molecule has 0 radical (unpaired) electrons. The lowest BCUT2D eigenvalue weighted by atomic mass is 10.8. The normalized spacial score (nSPS) is 8.29. The highest BCUT2D eigenvalue weighted by atomic mass is 35.5. The number of hydroxylamine groups is 1. The fourth-order valence-electron chi connectivity index (χ4n) is 0.141. The van der Waals surface area contributed by atoms with E-state index in [1.54, 1.807) is 0 Å². The summed E-state index contributed by atoms with van der Waals surface area (Å²) in [6.45, 7) is 0. The first-order valence-electron chi connectivity index (χ1n) is 1.69. The van der Waals surface area contributed by atoms with Crippen LogP contribution in [0.25, 0.3) is 0 Å². The molecule has 0 aromatic carbocycles. The zero-order valence-corrected chi connectivity index (χ0v) is 4.66. The Kier molecular flexibility index (Phi) is 3.74. The predicted molar refractivity (Wildman–Crippen MR) is 25.9 cm³/mol. The molecule has 0 rings (SSSR count). The molecule has 0 atom stereocenters. The van der Waals surface area contributed by atoms with Gasteiger partial charge in [-0.3, -0.25) is 9.63 Å². The van der Waals surface area contributed by atoms with Crippen LogP contribution in [0.5, 0.6) is 0 Å². The van der Waals surface area contributed by atoms with E-state index >= 15 is 0 Å². The third kappa shape index (κ3) is 3.55. The molecule has 4 heteroatoms. The Bertz CT molecular complexity index is 66.0. The van der Waals surface area contributed by atoms with Gasteiger partial charge in [-0.2, -0.15) is 0 Å². The van der Waals surface area contributed by atoms with Crippen molar-refractivity contribution in [2.24, 2.45) is 0 Å². The van der Waals surface area contributed by atoms with Gasteiger partial charge < -0.3 is 0 Å². The summed E-state index contributed by atoms with van der Waals surface area (Å²) in [5.41, 5.74) is 2.02. The maximum absolute atomic E-state index is 10.0. The highest BCUT2D eigenvalue weighted by molar-refractivity contribution is 6.27. The van der Waals surface area contributed by atoms with Crippen LogP contribution in [0.3, 0.4) is 0 Å². The molecule has 3 nitrogen and oxygen atoms in total. The minimum atomic E-state index is -0.329. The second-order valence-corrected chi connectivity index (χ2v) is 1.13. The zero-order valence-electron chi connectivity index (χ0n) is 3.90. The second-order valence-electron chi connectivity index (χ2n) is 0.863. The number of halogens is 1. The van der Waals surface area contributed by atoms with Crippen LogP contribution in [-0.4, -0.2) is 18.9 Å². The molecule has 1 N–H and O–H groups in total. The minimum absolute atomic E-state index is 0.0617. The molecule has 0 spiro atoms. The highest BCUT2D eigenvalue weighted by Crippen LogP contribution is 1.71. The Labute approximate surface area is 46.6 Å². The molecule has 0 bridgehead atoms. The van der Waals surface area contributed by atoms with Crippen molar-refractivity contribution in [3.05, 3.63) is 0 Å². The third-order valence-electron chi connectivity index (χ3n) is 0.337. The topological polar surface area (TPSA) is 38.3 Å². The first-order valence-corrected chi connectivity index (χ1v) is 2.22. The summed E-state index contributed by atoms with van der Waals surface area (Å²) in [6.07, 6.45) is 0. The quantitative estimate of drug-likeness (QED) is 0.412. The van der Waals surface area contributed by atoms with Crippen LogP contribution >= 0.6 is 11.6 Å². The van der Waals surface area contributed by atoms with Crippen molar-refractivity contribution in [1.82, 2.24) is 5.48 Å². The zero-order chi connectivity index (χ0) is 5.70. The second kappa shape index (κ2) is 3.89. The number of rotatable bonds is 2. The van der Waals surface area contributed by atoms with E-state index in [-0.39, 0.29) is 11.8 Å². The molecule has 0 heterocycles. The van der Waals surface area contributed by atoms with Gasteiger partial charge >= 0.3 is 0 Å². The van der Waals surface area contributed by atoms with Gasteiger partial charge in [-0.05, 0) is 0 Å². The first-order chi connectivity index (χ1) is 3.31. The third-order valence-corrected chi connectivity index (χ3v) is 0.580. The van der Waals surface area contributed by atoms with Crippen LogP contribution in [-0.2, 0) is 9.63 Å².